The van der Waals surface area contributed by atoms with Crippen molar-refractivity contribution >= 4 is 21.9 Å². The zero-order chi connectivity index (χ0) is 11.2. The first-order valence-electron chi connectivity index (χ1n) is 4.40. The summed E-state index contributed by atoms with van der Waals surface area (Å²) in [4.78, 5) is 10.8. The molecule has 0 aromatic heterocycles. The second-order valence-electron chi connectivity index (χ2n) is 3.49. The molecule has 1 unspecified atom stereocenters. The number of carboxylic acids is 1. The third kappa shape index (κ3) is 1.51. The first-order valence-corrected chi connectivity index (χ1v) is 5.19. The van der Waals surface area contributed by atoms with Crippen LogP contribution in [0.1, 0.15) is 28.8 Å². The molecule has 1 heterocycles. The summed E-state index contributed by atoms with van der Waals surface area (Å²) >= 11 is 3.01. The number of benzene rings is 1. The molecule has 1 aliphatic heterocycles. The van der Waals surface area contributed by atoms with Gasteiger partial charge >= 0.3 is 5.97 Å². The zero-order valence-corrected chi connectivity index (χ0v) is 9.47. The summed E-state index contributed by atoms with van der Waals surface area (Å²) in [5.74, 6) is -1.54. The molecule has 0 amide bonds. The monoisotopic (exact) mass is 274 g/mol. The summed E-state index contributed by atoms with van der Waals surface area (Å²) in [6, 6.07) is 1.34. The Morgan fingerprint density at radius 1 is 1.73 bits per heavy atom. The number of carboxylic acid groups (broad SMARTS) is 1. The number of ether oxygens (including phenoxy) is 1. The van der Waals surface area contributed by atoms with E-state index in [4.69, 9.17) is 9.84 Å². The molecule has 0 fully saturated rings. The van der Waals surface area contributed by atoms with Gasteiger partial charge in [-0.25, -0.2) is 9.18 Å². The molecule has 0 radical (unpaired) electrons. The van der Waals surface area contributed by atoms with Gasteiger partial charge in [0.15, 0.2) is 5.82 Å². The maximum Gasteiger partial charge on any atom is 0.338 e. The number of halogens is 2. The van der Waals surface area contributed by atoms with Gasteiger partial charge in [-0.1, -0.05) is 6.92 Å². The van der Waals surface area contributed by atoms with Crippen LogP contribution in [-0.4, -0.2) is 17.7 Å². The molecule has 0 bridgehead atoms. The molecule has 1 aromatic carbocycles. The van der Waals surface area contributed by atoms with Crippen LogP contribution in [0.4, 0.5) is 4.39 Å². The van der Waals surface area contributed by atoms with Gasteiger partial charge in [-0.15, -0.1) is 0 Å². The SMILES string of the molecule is CC1COc2c1cc(C(=O)O)c(F)c2Br. The lowest BCUT2D eigenvalue weighted by molar-refractivity contribution is 0.0691. The van der Waals surface area contributed by atoms with Crippen LogP contribution in [0.15, 0.2) is 10.5 Å². The van der Waals surface area contributed by atoms with E-state index in [-0.39, 0.29) is 16.0 Å². The summed E-state index contributed by atoms with van der Waals surface area (Å²) in [5.41, 5.74) is 0.415. The molecular formula is C10H8BrFO3. The van der Waals surface area contributed by atoms with E-state index in [2.05, 4.69) is 15.9 Å². The minimum absolute atomic E-state index is 0.0926. The Balaban J connectivity index is 2.68. The van der Waals surface area contributed by atoms with Crippen LogP contribution in [0.25, 0.3) is 0 Å². The van der Waals surface area contributed by atoms with Crippen molar-refractivity contribution < 1.29 is 19.0 Å². The first-order chi connectivity index (χ1) is 7.02. The summed E-state index contributed by atoms with van der Waals surface area (Å²) in [6.07, 6.45) is 0. The molecule has 0 saturated heterocycles. The van der Waals surface area contributed by atoms with Crippen LogP contribution in [0.3, 0.4) is 0 Å². The van der Waals surface area contributed by atoms with Gasteiger partial charge in [0.25, 0.3) is 0 Å². The molecule has 5 heteroatoms. The van der Waals surface area contributed by atoms with Crippen molar-refractivity contribution in [2.24, 2.45) is 0 Å². The molecule has 2 rings (SSSR count). The highest BCUT2D eigenvalue weighted by Crippen LogP contribution is 2.42. The maximum atomic E-state index is 13.5. The molecule has 80 valence electrons. The highest BCUT2D eigenvalue weighted by molar-refractivity contribution is 9.10. The molecule has 0 aliphatic carbocycles. The normalized spacial score (nSPS) is 18.5. The number of carbonyl (C=O) groups is 1. The van der Waals surface area contributed by atoms with Gasteiger partial charge in [0.05, 0.1) is 16.6 Å². The van der Waals surface area contributed by atoms with Gasteiger partial charge in [0.2, 0.25) is 0 Å². The summed E-state index contributed by atoms with van der Waals surface area (Å²) < 4.78 is 18.9. The van der Waals surface area contributed by atoms with E-state index < -0.39 is 11.8 Å². The quantitative estimate of drug-likeness (QED) is 0.857. The van der Waals surface area contributed by atoms with Crippen molar-refractivity contribution in [3.63, 3.8) is 0 Å². The fourth-order valence-electron chi connectivity index (χ4n) is 1.60. The van der Waals surface area contributed by atoms with Crippen molar-refractivity contribution in [1.82, 2.24) is 0 Å². The fourth-order valence-corrected chi connectivity index (χ4v) is 2.15. The molecular weight excluding hydrogens is 267 g/mol. The van der Waals surface area contributed by atoms with Gasteiger partial charge in [-0.05, 0) is 22.0 Å². The fraction of sp³-hybridized carbons (Fsp3) is 0.300. The van der Waals surface area contributed by atoms with Crippen LogP contribution in [0.2, 0.25) is 0 Å². The van der Waals surface area contributed by atoms with E-state index in [1.54, 1.807) is 0 Å². The Labute approximate surface area is 94.0 Å². The molecule has 1 aromatic rings. The second-order valence-corrected chi connectivity index (χ2v) is 4.28. The number of rotatable bonds is 1. The lowest BCUT2D eigenvalue weighted by Crippen LogP contribution is -2.03. The molecule has 3 nitrogen and oxygen atoms in total. The molecule has 1 aliphatic rings. The Morgan fingerprint density at radius 3 is 3.00 bits per heavy atom. The first kappa shape index (κ1) is 10.4. The van der Waals surface area contributed by atoms with Gasteiger partial charge in [0, 0.05) is 11.5 Å². The third-order valence-corrected chi connectivity index (χ3v) is 3.14. The predicted molar refractivity (Wildman–Crippen MR) is 55.0 cm³/mol. The van der Waals surface area contributed by atoms with Crippen molar-refractivity contribution in [2.45, 2.75) is 12.8 Å². The molecule has 1 N–H and O–H groups in total. The van der Waals surface area contributed by atoms with Crippen molar-refractivity contribution in [3.8, 4) is 5.75 Å². The van der Waals surface area contributed by atoms with Crippen LogP contribution in [0, 0.1) is 5.82 Å². The van der Waals surface area contributed by atoms with E-state index in [9.17, 15) is 9.18 Å². The molecule has 0 spiro atoms. The van der Waals surface area contributed by atoms with Gasteiger partial charge in [-0.3, -0.25) is 0 Å². The van der Waals surface area contributed by atoms with E-state index >= 15 is 0 Å². The van der Waals surface area contributed by atoms with Gasteiger partial charge < -0.3 is 9.84 Å². The summed E-state index contributed by atoms with van der Waals surface area (Å²) in [5, 5.41) is 8.81. The predicted octanol–water partition coefficient (Wildman–Crippen LogP) is 2.78. The topological polar surface area (TPSA) is 46.5 Å². The Morgan fingerprint density at radius 2 is 2.40 bits per heavy atom. The van der Waals surface area contributed by atoms with E-state index in [1.165, 1.54) is 6.07 Å². The van der Waals surface area contributed by atoms with Crippen LogP contribution in [0.5, 0.6) is 5.75 Å². The van der Waals surface area contributed by atoms with Crippen molar-refractivity contribution in [2.75, 3.05) is 6.61 Å². The van der Waals surface area contributed by atoms with E-state index in [0.29, 0.717) is 12.4 Å². The van der Waals surface area contributed by atoms with E-state index in [1.807, 2.05) is 6.92 Å². The number of fused-ring (bicyclic) bond motifs is 1. The maximum absolute atomic E-state index is 13.5. The Bertz CT molecular complexity index is 445. The zero-order valence-electron chi connectivity index (χ0n) is 7.88. The average molecular weight is 275 g/mol. The third-order valence-electron chi connectivity index (χ3n) is 2.43. The van der Waals surface area contributed by atoms with E-state index in [0.717, 1.165) is 5.56 Å². The largest absolute Gasteiger partial charge is 0.491 e. The number of hydrogen-bond acceptors (Lipinski definition) is 2. The Kier molecular flexibility index (Phi) is 2.42. The molecule has 1 atom stereocenters. The lowest BCUT2D eigenvalue weighted by Gasteiger charge is -2.06. The smallest absolute Gasteiger partial charge is 0.338 e. The summed E-state index contributed by atoms with van der Waals surface area (Å²) in [7, 11) is 0. The minimum atomic E-state index is -1.27. The van der Waals surface area contributed by atoms with Crippen LogP contribution < -0.4 is 4.74 Å². The molecule has 0 saturated carbocycles. The van der Waals surface area contributed by atoms with Gasteiger partial charge in [0.1, 0.15) is 5.75 Å². The highest BCUT2D eigenvalue weighted by atomic mass is 79.9. The standard InChI is InChI=1S/C10H8BrFO3/c1-4-3-15-9-5(4)2-6(10(13)14)8(12)7(9)11/h2,4H,3H2,1H3,(H,13,14). The van der Waals surface area contributed by atoms with Gasteiger partial charge in [-0.2, -0.15) is 0 Å². The van der Waals surface area contributed by atoms with Crippen molar-refractivity contribution in [1.29, 1.82) is 0 Å². The lowest BCUT2D eigenvalue weighted by atomic mass is 10.0. The highest BCUT2D eigenvalue weighted by Gasteiger charge is 2.28. The second kappa shape index (κ2) is 3.48. The Hall–Kier alpha value is -1.10. The number of aromatic carboxylic acids is 1. The van der Waals surface area contributed by atoms with Crippen LogP contribution >= 0.6 is 15.9 Å². The molecule has 15 heavy (non-hydrogen) atoms. The summed E-state index contributed by atoms with van der Waals surface area (Å²) in [6.45, 7) is 2.36. The van der Waals surface area contributed by atoms with Crippen molar-refractivity contribution in [3.05, 3.63) is 27.5 Å². The minimum Gasteiger partial charge on any atom is -0.491 e. The number of hydrogen-bond donors (Lipinski definition) is 1. The average Bonchev–Trinajstić information content (AvgIpc) is 2.53. The van der Waals surface area contributed by atoms with Crippen LogP contribution in [-0.2, 0) is 0 Å².